The average molecular weight is 451 g/mol. The number of carboxylic acid groups (broad SMARTS) is 1. The highest BCUT2D eigenvalue weighted by molar-refractivity contribution is 7.87. The molecule has 0 radical (unpaired) electrons. The first-order valence-corrected chi connectivity index (χ1v) is 9.34. The molecule has 146 valence electrons. The van der Waals surface area contributed by atoms with E-state index >= 15 is 0 Å². The van der Waals surface area contributed by atoms with E-state index in [1.165, 1.54) is 13.8 Å². The SMILES string of the molecule is CC1(C)S(=O)[C@@H]2[C@H](NC=O)C(=O)N2[C@@]1(NC(=O)OCC(Cl)(Cl)Cl)C(=O)O. The minimum Gasteiger partial charge on any atom is -0.478 e. The standard InChI is InChI=1S/C12H14Cl3N3O7S/c1-10(2)12(8(21)22,17-9(23)25-3-11(13,14)15)18-6(20)5(16-4-19)7(18)26(10)24/h4-5,7H,3H2,1-2H3,(H,16,19)(H,17,23)(H,21,22)/t5-,7-,12+,26?/m1/s1. The van der Waals surface area contributed by atoms with Gasteiger partial charge < -0.3 is 15.2 Å². The maximum absolute atomic E-state index is 12.8. The van der Waals surface area contributed by atoms with Gasteiger partial charge in [0, 0.05) is 0 Å². The molecule has 1 unspecified atom stereocenters. The van der Waals surface area contributed by atoms with Gasteiger partial charge in [0.05, 0.1) is 15.5 Å². The van der Waals surface area contributed by atoms with Gasteiger partial charge in [-0.3, -0.25) is 24.0 Å². The van der Waals surface area contributed by atoms with Crippen LogP contribution in [0.25, 0.3) is 0 Å². The minimum atomic E-state index is -2.38. The van der Waals surface area contributed by atoms with Crippen molar-refractivity contribution < 1.29 is 33.2 Å². The van der Waals surface area contributed by atoms with Crippen molar-refractivity contribution in [1.29, 1.82) is 0 Å². The van der Waals surface area contributed by atoms with E-state index in [4.69, 9.17) is 34.8 Å². The van der Waals surface area contributed by atoms with E-state index in [0.717, 1.165) is 4.90 Å². The summed E-state index contributed by atoms with van der Waals surface area (Å²) in [5.41, 5.74) is -2.38. The van der Waals surface area contributed by atoms with Gasteiger partial charge in [-0.15, -0.1) is 0 Å². The monoisotopic (exact) mass is 449 g/mol. The number of hydrogen-bond donors (Lipinski definition) is 3. The van der Waals surface area contributed by atoms with E-state index in [2.05, 4.69) is 15.4 Å². The Bertz CT molecular complexity index is 698. The Morgan fingerprint density at radius 2 is 2.00 bits per heavy atom. The average Bonchev–Trinajstić information content (AvgIpc) is 2.66. The summed E-state index contributed by atoms with van der Waals surface area (Å²) in [7, 11) is -1.95. The Kier molecular flexibility index (Phi) is 5.41. The van der Waals surface area contributed by atoms with Crippen LogP contribution in [-0.4, -0.2) is 70.8 Å². The summed E-state index contributed by atoms with van der Waals surface area (Å²) in [4.78, 5) is 47.8. The van der Waals surface area contributed by atoms with Gasteiger partial charge in [-0.1, -0.05) is 34.8 Å². The third kappa shape index (κ3) is 3.00. The van der Waals surface area contributed by atoms with Crippen LogP contribution in [0.4, 0.5) is 4.79 Å². The zero-order chi connectivity index (χ0) is 20.1. The first-order valence-electron chi connectivity index (χ1n) is 7.00. The van der Waals surface area contributed by atoms with Gasteiger partial charge in [0.1, 0.15) is 18.0 Å². The number of alkyl halides is 3. The zero-order valence-electron chi connectivity index (χ0n) is 13.3. The summed E-state index contributed by atoms with van der Waals surface area (Å²) >= 11 is 16.4. The van der Waals surface area contributed by atoms with Gasteiger partial charge in [0.15, 0.2) is 0 Å². The van der Waals surface area contributed by atoms with Crippen LogP contribution in [0, 0.1) is 0 Å². The fraction of sp³-hybridized carbons (Fsp3) is 0.667. The van der Waals surface area contributed by atoms with Gasteiger partial charge in [-0.25, -0.2) is 9.59 Å². The summed E-state index contributed by atoms with van der Waals surface area (Å²) in [5.74, 6) is -2.45. The molecule has 26 heavy (non-hydrogen) atoms. The van der Waals surface area contributed by atoms with E-state index in [1.54, 1.807) is 0 Å². The van der Waals surface area contributed by atoms with Crippen molar-refractivity contribution in [2.45, 2.75) is 39.5 Å². The van der Waals surface area contributed by atoms with Crippen molar-refractivity contribution in [2.75, 3.05) is 6.61 Å². The molecule has 0 aliphatic carbocycles. The molecule has 4 atom stereocenters. The molecule has 0 saturated carbocycles. The number of aliphatic carboxylic acids is 1. The number of hydrogen-bond acceptors (Lipinski definition) is 6. The Balaban J connectivity index is 2.38. The Morgan fingerprint density at radius 3 is 2.46 bits per heavy atom. The fourth-order valence-electron chi connectivity index (χ4n) is 2.96. The lowest BCUT2D eigenvalue weighted by molar-refractivity contribution is -0.174. The number of carboxylic acids is 1. The molecule has 2 fully saturated rings. The van der Waals surface area contributed by atoms with Gasteiger partial charge in [0.2, 0.25) is 15.9 Å². The molecule has 2 heterocycles. The predicted molar refractivity (Wildman–Crippen MR) is 91.0 cm³/mol. The second kappa shape index (κ2) is 6.70. The van der Waals surface area contributed by atoms with Crippen LogP contribution < -0.4 is 10.6 Å². The molecule has 0 aromatic rings. The molecule has 0 aromatic carbocycles. The third-order valence-electron chi connectivity index (χ3n) is 4.21. The van der Waals surface area contributed by atoms with Crippen LogP contribution in [0.1, 0.15) is 13.8 Å². The van der Waals surface area contributed by atoms with Crippen molar-refractivity contribution in [3.8, 4) is 0 Å². The highest BCUT2D eigenvalue weighted by Crippen LogP contribution is 2.49. The predicted octanol–water partition coefficient (Wildman–Crippen LogP) is -0.313. The highest BCUT2D eigenvalue weighted by atomic mass is 35.6. The summed E-state index contributed by atoms with van der Waals surface area (Å²) in [5, 5.41) is 12.9. The van der Waals surface area contributed by atoms with Crippen LogP contribution in [0.2, 0.25) is 0 Å². The van der Waals surface area contributed by atoms with Crippen molar-refractivity contribution in [3.05, 3.63) is 0 Å². The second-order valence-electron chi connectivity index (χ2n) is 6.00. The smallest absolute Gasteiger partial charge is 0.409 e. The molecular formula is C12H14Cl3N3O7S. The first kappa shape index (κ1) is 21.0. The molecule has 2 aliphatic rings. The van der Waals surface area contributed by atoms with E-state index in [0.29, 0.717) is 0 Å². The van der Waals surface area contributed by atoms with Crippen molar-refractivity contribution in [3.63, 3.8) is 0 Å². The number of nitrogens with zero attached hydrogens (tertiary/aromatic N) is 1. The maximum atomic E-state index is 12.8. The van der Waals surface area contributed by atoms with Crippen LogP contribution in [0.5, 0.6) is 0 Å². The van der Waals surface area contributed by atoms with Crippen LogP contribution >= 0.6 is 34.8 Å². The summed E-state index contributed by atoms with van der Waals surface area (Å²) in [6, 6.07) is -1.16. The molecule has 0 spiro atoms. The second-order valence-corrected chi connectivity index (χ2v) is 10.6. The van der Waals surface area contributed by atoms with Gasteiger partial charge >= 0.3 is 12.1 Å². The lowest BCUT2D eigenvalue weighted by Crippen LogP contribution is -2.80. The zero-order valence-corrected chi connectivity index (χ0v) is 16.4. The van der Waals surface area contributed by atoms with Gasteiger partial charge in [-0.2, -0.15) is 0 Å². The van der Waals surface area contributed by atoms with Crippen molar-refractivity contribution in [2.24, 2.45) is 0 Å². The number of alkyl carbamates (subject to hydrolysis) is 1. The first-order chi connectivity index (χ1) is 11.8. The lowest BCUT2D eigenvalue weighted by Gasteiger charge is -2.48. The number of rotatable bonds is 5. The largest absolute Gasteiger partial charge is 0.478 e. The normalized spacial score (nSPS) is 32.3. The molecule has 3 amide bonds. The Hall–Kier alpha value is -1.30. The number of β-lactam (4-membered cyclic amide) rings is 1. The number of ether oxygens (including phenoxy) is 1. The number of halogens is 3. The molecule has 10 nitrogen and oxygen atoms in total. The topological polar surface area (TPSA) is 142 Å². The summed E-state index contributed by atoms with van der Waals surface area (Å²) in [6.07, 6.45) is -1.04. The van der Waals surface area contributed by atoms with E-state index in [9.17, 15) is 28.5 Å². The summed E-state index contributed by atoms with van der Waals surface area (Å²) < 4.78 is 13.9. The van der Waals surface area contributed by atoms with Gasteiger partial charge in [0.25, 0.3) is 5.91 Å². The van der Waals surface area contributed by atoms with Crippen molar-refractivity contribution in [1.82, 2.24) is 15.5 Å². The molecule has 3 N–H and O–H groups in total. The number of carbonyl (C=O) groups is 4. The highest BCUT2D eigenvalue weighted by Gasteiger charge is 2.77. The molecule has 2 saturated heterocycles. The van der Waals surface area contributed by atoms with Crippen LogP contribution in [0.3, 0.4) is 0 Å². The molecule has 2 rings (SSSR count). The number of nitrogens with one attached hydrogen (secondary N) is 2. The number of fused-ring (bicyclic) bond motifs is 1. The van der Waals surface area contributed by atoms with Gasteiger partial charge in [-0.05, 0) is 13.8 Å². The Labute approximate surface area is 164 Å². The molecule has 14 heteroatoms. The van der Waals surface area contributed by atoms with Crippen LogP contribution in [0.15, 0.2) is 0 Å². The minimum absolute atomic E-state index is 0.244. The molecule has 0 bridgehead atoms. The number of amides is 3. The van der Waals surface area contributed by atoms with Crippen LogP contribution in [-0.2, 0) is 29.9 Å². The fourth-order valence-corrected chi connectivity index (χ4v) is 5.15. The molecular weight excluding hydrogens is 437 g/mol. The third-order valence-corrected chi connectivity index (χ3v) is 6.76. The number of carbonyl (C=O) groups excluding carboxylic acids is 3. The Morgan fingerprint density at radius 1 is 1.42 bits per heavy atom. The molecule has 0 aromatic heterocycles. The molecule has 2 aliphatic heterocycles. The van der Waals surface area contributed by atoms with E-state index in [-0.39, 0.29) is 6.41 Å². The van der Waals surface area contributed by atoms with E-state index < -0.39 is 61.0 Å². The maximum Gasteiger partial charge on any atom is 0.409 e. The lowest BCUT2D eigenvalue weighted by atomic mass is 9.88. The quantitative estimate of drug-likeness (QED) is 0.296. The van der Waals surface area contributed by atoms with E-state index in [1.807, 2.05) is 0 Å². The summed E-state index contributed by atoms with van der Waals surface area (Å²) in [6.45, 7) is 1.92. The van der Waals surface area contributed by atoms with Crippen molar-refractivity contribution >= 4 is 70.0 Å².